The number of ether oxygens (including phenoxy) is 1. The molecule has 0 saturated carbocycles. The molecule has 0 aliphatic rings. The summed E-state index contributed by atoms with van der Waals surface area (Å²) in [7, 11) is 0. The third-order valence-corrected chi connectivity index (χ3v) is 3.82. The molecule has 21 heavy (non-hydrogen) atoms. The minimum absolute atomic E-state index is 0.162. The van der Waals surface area contributed by atoms with Crippen molar-refractivity contribution in [2.45, 2.75) is 32.8 Å². The lowest BCUT2D eigenvalue weighted by atomic mass is 10.0. The number of benzene rings is 2. The first-order valence-corrected chi connectivity index (χ1v) is 7.72. The van der Waals surface area contributed by atoms with Crippen LogP contribution in [-0.2, 0) is 0 Å². The van der Waals surface area contributed by atoms with Crippen molar-refractivity contribution in [2.24, 2.45) is 0 Å². The largest absolute Gasteiger partial charge is 0.486 e. The smallest absolute Gasteiger partial charge is 0.120 e. The van der Waals surface area contributed by atoms with Gasteiger partial charge in [0.1, 0.15) is 11.4 Å². The first-order chi connectivity index (χ1) is 10.2. The maximum absolute atomic E-state index is 6.18. The van der Waals surface area contributed by atoms with Crippen molar-refractivity contribution in [1.82, 2.24) is 5.32 Å². The topological polar surface area (TPSA) is 21.3 Å². The Balaban J connectivity index is 2.08. The van der Waals surface area contributed by atoms with Crippen molar-refractivity contribution >= 4 is 0 Å². The van der Waals surface area contributed by atoms with Crippen molar-refractivity contribution < 1.29 is 4.74 Å². The standard InChI is InChI=1S/C19H25NO/c1-4-19(3,15-20-5-2)21-18-13-11-17(12-14-18)16-9-7-6-8-10-16/h6-14,20H,4-5,15H2,1-3H3. The second-order valence-corrected chi connectivity index (χ2v) is 5.58. The number of rotatable bonds is 7. The van der Waals surface area contributed by atoms with Crippen LogP contribution in [0.25, 0.3) is 11.1 Å². The summed E-state index contributed by atoms with van der Waals surface area (Å²) < 4.78 is 6.18. The zero-order valence-corrected chi connectivity index (χ0v) is 13.2. The number of nitrogens with one attached hydrogen (secondary N) is 1. The zero-order chi connectivity index (χ0) is 15.1. The van der Waals surface area contributed by atoms with E-state index in [2.05, 4.69) is 74.6 Å². The minimum Gasteiger partial charge on any atom is -0.486 e. The Hall–Kier alpha value is -1.80. The summed E-state index contributed by atoms with van der Waals surface area (Å²) >= 11 is 0. The third-order valence-electron chi connectivity index (χ3n) is 3.82. The van der Waals surface area contributed by atoms with Crippen LogP contribution in [0.15, 0.2) is 54.6 Å². The number of hydrogen-bond donors (Lipinski definition) is 1. The van der Waals surface area contributed by atoms with Crippen LogP contribution in [0.3, 0.4) is 0 Å². The van der Waals surface area contributed by atoms with Gasteiger partial charge in [0.05, 0.1) is 0 Å². The van der Waals surface area contributed by atoms with E-state index in [1.807, 2.05) is 6.07 Å². The summed E-state index contributed by atoms with van der Waals surface area (Å²) in [6.45, 7) is 8.26. The van der Waals surface area contributed by atoms with Gasteiger partial charge >= 0.3 is 0 Å². The highest BCUT2D eigenvalue weighted by molar-refractivity contribution is 5.63. The van der Waals surface area contributed by atoms with Gasteiger partial charge in [-0.25, -0.2) is 0 Å². The first-order valence-electron chi connectivity index (χ1n) is 7.72. The lowest BCUT2D eigenvalue weighted by Gasteiger charge is -2.30. The molecule has 2 rings (SSSR count). The van der Waals surface area contributed by atoms with E-state index < -0.39 is 0 Å². The van der Waals surface area contributed by atoms with E-state index in [9.17, 15) is 0 Å². The van der Waals surface area contributed by atoms with Gasteiger partial charge in [-0.05, 0) is 43.1 Å². The Bertz CT molecular complexity index is 535. The molecule has 1 N–H and O–H groups in total. The SMILES string of the molecule is CCNCC(C)(CC)Oc1ccc(-c2ccccc2)cc1. The van der Waals surface area contributed by atoms with Gasteiger partial charge in [0.25, 0.3) is 0 Å². The summed E-state index contributed by atoms with van der Waals surface area (Å²) in [5, 5.41) is 3.37. The molecule has 0 aromatic heterocycles. The van der Waals surface area contributed by atoms with Crippen molar-refractivity contribution in [3.05, 3.63) is 54.6 Å². The summed E-state index contributed by atoms with van der Waals surface area (Å²) in [5.74, 6) is 0.928. The summed E-state index contributed by atoms with van der Waals surface area (Å²) in [4.78, 5) is 0. The number of hydrogen-bond acceptors (Lipinski definition) is 2. The van der Waals surface area contributed by atoms with E-state index in [0.29, 0.717) is 0 Å². The molecule has 112 valence electrons. The van der Waals surface area contributed by atoms with E-state index in [-0.39, 0.29) is 5.60 Å². The predicted octanol–water partition coefficient (Wildman–Crippen LogP) is 4.51. The van der Waals surface area contributed by atoms with E-state index in [1.54, 1.807) is 0 Å². The summed E-state index contributed by atoms with van der Waals surface area (Å²) in [6, 6.07) is 18.8. The monoisotopic (exact) mass is 283 g/mol. The fraction of sp³-hybridized carbons (Fsp3) is 0.368. The molecule has 0 aliphatic carbocycles. The molecule has 0 radical (unpaired) electrons. The first kappa shape index (κ1) is 15.6. The molecule has 2 aromatic rings. The second-order valence-electron chi connectivity index (χ2n) is 5.58. The molecule has 0 heterocycles. The predicted molar refractivity (Wildman–Crippen MR) is 89.7 cm³/mol. The average Bonchev–Trinajstić information content (AvgIpc) is 2.54. The molecule has 0 saturated heterocycles. The second kappa shape index (κ2) is 7.28. The van der Waals surface area contributed by atoms with Crippen LogP contribution in [0.4, 0.5) is 0 Å². The van der Waals surface area contributed by atoms with Gasteiger partial charge in [0.2, 0.25) is 0 Å². The molecule has 0 fully saturated rings. The van der Waals surface area contributed by atoms with E-state index in [0.717, 1.165) is 25.3 Å². The molecule has 1 unspecified atom stereocenters. The fourth-order valence-electron chi connectivity index (χ4n) is 2.25. The van der Waals surface area contributed by atoms with Crippen molar-refractivity contribution in [1.29, 1.82) is 0 Å². The lowest BCUT2D eigenvalue weighted by Crippen LogP contribution is -2.42. The molecular formula is C19H25NO. The van der Waals surface area contributed by atoms with Crippen LogP contribution < -0.4 is 10.1 Å². The van der Waals surface area contributed by atoms with Gasteiger partial charge in [0, 0.05) is 6.54 Å². The Morgan fingerprint density at radius 1 is 0.905 bits per heavy atom. The highest BCUT2D eigenvalue weighted by Crippen LogP contribution is 2.25. The molecule has 0 spiro atoms. The molecule has 2 aromatic carbocycles. The van der Waals surface area contributed by atoms with Gasteiger partial charge in [-0.1, -0.05) is 56.3 Å². The zero-order valence-electron chi connectivity index (χ0n) is 13.2. The summed E-state index contributed by atoms with van der Waals surface area (Å²) in [6.07, 6.45) is 0.973. The van der Waals surface area contributed by atoms with Crippen molar-refractivity contribution in [3.63, 3.8) is 0 Å². The minimum atomic E-state index is -0.162. The van der Waals surface area contributed by atoms with Crippen LogP contribution in [0, 0.1) is 0 Å². The molecule has 2 heteroatoms. The van der Waals surface area contributed by atoms with Crippen molar-refractivity contribution in [3.8, 4) is 16.9 Å². The van der Waals surface area contributed by atoms with E-state index in [4.69, 9.17) is 4.74 Å². The fourth-order valence-corrected chi connectivity index (χ4v) is 2.25. The highest BCUT2D eigenvalue weighted by Gasteiger charge is 2.23. The van der Waals surface area contributed by atoms with Crippen LogP contribution in [-0.4, -0.2) is 18.7 Å². The van der Waals surface area contributed by atoms with Gasteiger partial charge < -0.3 is 10.1 Å². The maximum Gasteiger partial charge on any atom is 0.120 e. The van der Waals surface area contributed by atoms with Gasteiger partial charge in [-0.3, -0.25) is 0 Å². The summed E-state index contributed by atoms with van der Waals surface area (Å²) in [5.41, 5.74) is 2.28. The third kappa shape index (κ3) is 4.33. The highest BCUT2D eigenvalue weighted by atomic mass is 16.5. The lowest BCUT2D eigenvalue weighted by molar-refractivity contribution is 0.0842. The van der Waals surface area contributed by atoms with Crippen molar-refractivity contribution in [2.75, 3.05) is 13.1 Å². The molecular weight excluding hydrogens is 258 g/mol. The van der Waals surface area contributed by atoms with Crippen LogP contribution in [0.2, 0.25) is 0 Å². The van der Waals surface area contributed by atoms with E-state index in [1.165, 1.54) is 11.1 Å². The Morgan fingerprint density at radius 3 is 2.10 bits per heavy atom. The van der Waals surface area contributed by atoms with Gasteiger partial charge in [0.15, 0.2) is 0 Å². The molecule has 0 bridgehead atoms. The Kier molecular flexibility index (Phi) is 5.40. The van der Waals surface area contributed by atoms with Crippen LogP contribution in [0.5, 0.6) is 5.75 Å². The van der Waals surface area contributed by atoms with Crippen LogP contribution in [0.1, 0.15) is 27.2 Å². The maximum atomic E-state index is 6.18. The van der Waals surface area contributed by atoms with Crippen LogP contribution >= 0.6 is 0 Å². The quantitative estimate of drug-likeness (QED) is 0.807. The van der Waals surface area contributed by atoms with Gasteiger partial charge in [-0.2, -0.15) is 0 Å². The van der Waals surface area contributed by atoms with Gasteiger partial charge in [-0.15, -0.1) is 0 Å². The molecule has 1 atom stereocenters. The Morgan fingerprint density at radius 2 is 1.52 bits per heavy atom. The molecule has 2 nitrogen and oxygen atoms in total. The van der Waals surface area contributed by atoms with E-state index >= 15 is 0 Å². The average molecular weight is 283 g/mol. The Labute approximate surface area is 128 Å². The molecule has 0 aliphatic heterocycles. The number of likely N-dealkylation sites (N-methyl/N-ethyl adjacent to an activating group) is 1. The molecule has 0 amide bonds. The normalized spacial score (nSPS) is 13.7.